The van der Waals surface area contributed by atoms with Crippen molar-refractivity contribution < 1.29 is 8.42 Å². The Labute approximate surface area is 178 Å². The number of H-pyrrole nitrogens is 1. The summed E-state index contributed by atoms with van der Waals surface area (Å²) in [5.41, 5.74) is 5.44. The second-order valence-corrected chi connectivity index (χ2v) is 9.76. The number of nitrogens with one attached hydrogen (secondary N) is 1. The number of hydrogen-bond donors (Lipinski definition) is 1. The van der Waals surface area contributed by atoms with Gasteiger partial charge in [-0.1, -0.05) is 42.5 Å². The summed E-state index contributed by atoms with van der Waals surface area (Å²) in [6.45, 7) is 2.34. The summed E-state index contributed by atoms with van der Waals surface area (Å²) in [5, 5.41) is 2.42. The molecule has 0 amide bonds. The van der Waals surface area contributed by atoms with Gasteiger partial charge in [0.05, 0.1) is 0 Å². The average molecular weight is 422 g/mol. The first-order valence-corrected chi connectivity index (χ1v) is 11.6. The van der Waals surface area contributed by atoms with Gasteiger partial charge in [0, 0.05) is 54.8 Å². The van der Waals surface area contributed by atoms with Gasteiger partial charge in [0.1, 0.15) is 0 Å². The molecule has 5 nitrogen and oxygen atoms in total. The molecule has 1 aliphatic heterocycles. The maximum absolute atomic E-state index is 12.7. The monoisotopic (exact) mass is 421 g/mol. The zero-order chi connectivity index (χ0) is 21.1. The van der Waals surface area contributed by atoms with E-state index in [2.05, 4.69) is 35.3 Å². The van der Waals surface area contributed by atoms with Crippen LogP contribution in [0.15, 0.2) is 66.2 Å². The number of hydrogen-bond acceptors (Lipinski definition) is 3. The molecule has 1 aliphatic rings. The molecule has 1 N–H and O–H groups in total. The fourth-order valence-corrected chi connectivity index (χ4v) is 4.59. The van der Waals surface area contributed by atoms with E-state index < -0.39 is 10.0 Å². The zero-order valence-corrected chi connectivity index (χ0v) is 18.2. The second-order valence-electron chi connectivity index (χ2n) is 7.84. The smallest absolute Gasteiger partial charge is 0.236 e. The van der Waals surface area contributed by atoms with Crippen LogP contribution in [0.2, 0.25) is 0 Å². The minimum absolute atomic E-state index is 0.344. The van der Waals surface area contributed by atoms with Gasteiger partial charge in [0.2, 0.25) is 10.0 Å². The van der Waals surface area contributed by atoms with Crippen molar-refractivity contribution in [3.8, 4) is 0 Å². The van der Waals surface area contributed by atoms with Gasteiger partial charge >= 0.3 is 0 Å². The highest BCUT2D eigenvalue weighted by molar-refractivity contribution is 7.92. The third-order valence-corrected chi connectivity index (χ3v) is 7.06. The van der Waals surface area contributed by atoms with Crippen molar-refractivity contribution in [1.82, 2.24) is 14.2 Å². The summed E-state index contributed by atoms with van der Waals surface area (Å²) in [6, 6.07) is 15.6. The molecule has 0 atom stereocenters. The Balaban J connectivity index is 1.56. The summed E-state index contributed by atoms with van der Waals surface area (Å²) in [7, 11) is 0.224. The first-order chi connectivity index (χ1) is 14.4. The number of nitrogens with zero attached hydrogens (tertiary/aromatic N) is 2. The van der Waals surface area contributed by atoms with Crippen molar-refractivity contribution in [2.24, 2.45) is 0 Å². The molecule has 30 heavy (non-hydrogen) atoms. The molecular weight excluding hydrogens is 394 g/mol. The van der Waals surface area contributed by atoms with E-state index in [4.69, 9.17) is 0 Å². The Morgan fingerprint density at radius 3 is 2.70 bits per heavy atom. The van der Waals surface area contributed by atoms with Gasteiger partial charge in [0.15, 0.2) is 0 Å². The number of fused-ring (bicyclic) bond motifs is 1. The fraction of sp³-hybridized carbons (Fsp3) is 0.250. The molecule has 0 unspecified atom stereocenters. The number of benzene rings is 2. The largest absolute Gasteiger partial charge is 0.361 e. The summed E-state index contributed by atoms with van der Waals surface area (Å²) < 4.78 is 26.7. The van der Waals surface area contributed by atoms with Crippen LogP contribution < -0.4 is 0 Å². The molecule has 6 heteroatoms. The van der Waals surface area contributed by atoms with E-state index in [0.717, 1.165) is 41.5 Å². The summed E-state index contributed by atoms with van der Waals surface area (Å²) >= 11 is 0. The fourth-order valence-electron chi connectivity index (χ4n) is 3.72. The molecule has 0 aliphatic carbocycles. The molecule has 0 saturated heterocycles. The predicted molar refractivity (Wildman–Crippen MR) is 124 cm³/mol. The quantitative estimate of drug-likeness (QED) is 0.645. The lowest BCUT2D eigenvalue weighted by atomic mass is 9.98. The molecule has 2 heterocycles. The van der Waals surface area contributed by atoms with E-state index in [-0.39, 0.29) is 0 Å². The van der Waals surface area contributed by atoms with Crippen LogP contribution in [0.5, 0.6) is 0 Å². The van der Waals surface area contributed by atoms with E-state index in [1.807, 2.05) is 42.5 Å². The van der Waals surface area contributed by atoms with Crippen molar-refractivity contribution in [2.75, 3.05) is 27.2 Å². The number of aromatic nitrogens is 1. The Bertz CT molecular complexity index is 1190. The summed E-state index contributed by atoms with van der Waals surface area (Å²) in [6.07, 6.45) is 7.02. The first-order valence-electron chi connectivity index (χ1n) is 10.1. The third kappa shape index (κ3) is 4.56. The zero-order valence-electron chi connectivity index (χ0n) is 17.4. The van der Waals surface area contributed by atoms with Crippen molar-refractivity contribution in [3.05, 3.63) is 82.9 Å². The topological polar surface area (TPSA) is 56.4 Å². The highest BCUT2D eigenvalue weighted by Crippen LogP contribution is 2.30. The van der Waals surface area contributed by atoms with Gasteiger partial charge in [-0.2, -0.15) is 4.31 Å². The molecule has 2 aromatic carbocycles. The lowest BCUT2D eigenvalue weighted by molar-refractivity contribution is 0.370. The minimum atomic E-state index is -3.51. The summed E-state index contributed by atoms with van der Waals surface area (Å²) in [5.74, 6) is 0. The number of rotatable bonds is 6. The van der Waals surface area contributed by atoms with E-state index in [0.29, 0.717) is 6.54 Å². The van der Waals surface area contributed by atoms with Gasteiger partial charge < -0.3 is 9.88 Å². The molecule has 156 valence electrons. The van der Waals surface area contributed by atoms with Gasteiger partial charge in [-0.05, 0) is 48.4 Å². The van der Waals surface area contributed by atoms with Crippen molar-refractivity contribution in [2.45, 2.75) is 13.0 Å². The Hall–Kier alpha value is -2.67. The molecule has 0 bridgehead atoms. The predicted octanol–water partition coefficient (Wildman–Crippen LogP) is 4.32. The summed E-state index contributed by atoms with van der Waals surface area (Å²) in [4.78, 5) is 5.63. The molecule has 0 spiro atoms. The van der Waals surface area contributed by atoms with Crippen molar-refractivity contribution in [1.29, 1.82) is 0 Å². The molecule has 1 aromatic heterocycles. The normalized spacial score (nSPS) is 15.9. The minimum Gasteiger partial charge on any atom is -0.361 e. The van der Waals surface area contributed by atoms with E-state index in [1.54, 1.807) is 13.1 Å². The highest BCUT2D eigenvalue weighted by atomic mass is 32.2. The first kappa shape index (κ1) is 20.6. The number of likely N-dealkylation sites (N-methyl/N-ethyl adjacent to an activating group) is 1. The van der Waals surface area contributed by atoms with Crippen LogP contribution in [0.25, 0.3) is 22.6 Å². The van der Waals surface area contributed by atoms with E-state index in [9.17, 15) is 8.42 Å². The molecule has 0 saturated carbocycles. The lowest BCUT2D eigenvalue weighted by Crippen LogP contribution is -2.24. The van der Waals surface area contributed by atoms with Crippen LogP contribution in [0.4, 0.5) is 0 Å². The standard InChI is InChI=1S/C24H27N3O2S/c1-26-13-10-21(11-14-26)23-17-25-24-9-8-19(16-22(23)24)12-15-30(28,29)27(2)18-20-6-4-3-5-7-20/h3-10,12,15-17,25H,11,13-14,18H2,1-2H3/b15-12+. The Morgan fingerprint density at radius 1 is 1.17 bits per heavy atom. The van der Waals surface area contributed by atoms with Crippen LogP contribution in [-0.4, -0.2) is 49.8 Å². The van der Waals surface area contributed by atoms with Crippen LogP contribution in [0.1, 0.15) is 23.1 Å². The molecule has 3 aromatic rings. The van der Waals surface area contributed by atoms with Crippen LogP contribution in [0, 0.1) is 0 Å². The van der Waals surface area contributed by atoms with Gasteiger partial charge in [0.25, 0.3) is 0 Å². The molecule has 0 fully saturated rings. The van der Waals surface area contributed by atoms with Crippen molar-refractivity contribution >= 4 is 32.6 Å². The van der Waals surface area contributed by atoms with E-state index >= 15 is 0 Å². The Morgan fingerprint density at radius 2 is 1.97 bits per heavy atom. The molecule has 0 radical (unpaired) electrons. The van der Waals surface area contributed by atoms with Gasteiger partial charge in [-0.3, -0.25) is 0 Å². The number of sulfonamides is 1. The van der Waals surface area contributed by atoms with Gasteiger partial charge in [-0.25, -0.2) is 8.42 Å². The average Bonchev–Trinajstić information content (AvgIpc) is 3.17. The maximum Gasteiger partial charge on any atom is 0.236 e. The maximum atomic E-state index is 12.7. The third-order valence-electron chi connectivity index (χ3n) is 5.58. The van der Waals surface area contributed by atoms with Crippen molar-refractivity contribution in [3.63, 3.8) is 0 Å². The van der Waals surface area contributed by atoms with Gasteiger partial charge in [-0.15, -0.1) is 0 Å². The molecule has 4 rings (SSSR count). The lowest BCUT2D eigenvalue weighted by Gasteiger charge is -2.21. The van der Waals surface area contributed by atoms with Crippen LogP contribution in [-0.2, 0) is 16.6 Å². The van der Waals surface area contributed by atoms with Crippen LogP contribution >= 0.6 is 0 Å². The second kappa shape index (κ2) is 8.60. The van der Waals surface area contributed by atoms with E-state index in [1.165, 1.54) is 20.8 Å². The highest BCUT2D eigenvalue weighted by Gasteiger charge is 2.15. The number of aromatic amines is 1. The molecular formula is C24H27N3O2S. The SMILES string of the molecule is CN1CC=C(c2c[nH]c3ccc(/C=C/S(=O)(=O)N(C)Cc4ccccc4)cc23)CC1. The van der Waals surface area contributed by atoms with Crippen LogP contribution in [0.3, 0.4) is 0 Å². The Kier molecular flexibility index (Phi) is 5.90.